The van der Waals surface area contributed by atoms with Crippen molar-refractivity contribution in [2.45, 2.75) is 109 Å². The van der Waals surface area contributed by atoms with Gasteiger partial charge in [-0.05, 0) is 142 Å². The molecule has 5 heteroatoms. The fourth-order valence-corrected chi connectivity index (χ4v) is 7.65. The van der Waals surface area contributed by atoms with E-state index in [-0.39, 0.29) is 6.42 Å². The third-order valence-electron chi connectivity index (χ3n) is 10.4. The van der Waals surface area contributed by atoms with Crippen LogP contribution in [-0.2, 0) is 24.1 Å². The number of carboxylic acid groups (broad SMARTS) is 2. The second-order valence-electron chi connectivity index (χ2n) is 13.8. The number of benzene rings is 3. The third-order valence-corrected chi connectivity index (χ3v) is 10.4. The number of aromatic carboxylic acids is 1. The molecule has 0 saturated heterocycles. The molecule has 0 bridgehead atoms. The van der Waals surface area contributed by atoms with Crippen LogP contribution in [0, 0.1) is 11.8 Å². The van der Waals surface area contributed by atoms with Crippen molar-refractivity contribution in [3.05, 3.63) is 112 Å². The number of carbonyl (C=O) groups is 2. The Labute approximate surface area is 281 Å². The van der Waals surface area contributed by atoms with Gasteiger partial charge in [-0.1, -0.05) is 79.1 Å². The van der Waals surface area contributed by atoms with Crippen molar-refractivity contribution in [3.63, 3.8) is 0 Å². The van der Waals surface area contributed by atoms with Crippen molar-refractivity contribution in [1.82, 2.24) is 0 Å². The molecule has 0 aromatic heterocycles. The zero-order valence-corrected chi connectivity index (χ0v) is 27.9. The molecule has 0 heterocycles. The summed E-state index contributed by atoms with van der Waals surface area (Å²) in [6, 6.07) is 25.0. The molecule has 1 unspecified atom stereocenters. The highest BCUT2D eigenvalue weighted by Crippen LogP contribution is 2.38. The summed E-state index contributed by atoms with van der Waals surface area (Å²) in [6.45, 7) is 0.784. The number of fused-ring (bicyclic) bond motifs is 1. The Morgan fingerprint density at radius 3 is 2.36 bits per heavy atom. The number of carboxylic acids is 2. The van der Waals surface area contributed by atoms with E-state index < -0.39 is 11.9 Å². The van der Waals surface area contributed by atoms with Crippen LogP contribution in [0.2, 0.25) is 0 Å². The molecule has 5 rings (SSSR count). The van der Waals surface area contributed by atoms with Crippen LogP contribution >= 0.6 is 0 Å². The highest BCUT2D eigenvalue weighted by molar-refractivity contribution is 5.88. The van der Waals surface area contributed by atoms with Crippen molar-refractivity contribution >= 4 is 11.9 Å². The quantitative estimate of drug-likeness (QED) is 0.114. The molecule has 0 radical (unpaired) electrons. The smallest absolute Gasteiger partial charge is 0.335 e. The first kappa shape index (κ1) is 34.5. The van der Waals surface area contributed by atoms with E-state index in [1.165, 1.54) is 66.4 Å². The molecule has 0 aliphatic heterocycles. The van der Waals surface area contributed by atoms with Gasteiger partial charge in [0.15, 0.2) is 0 Å². The summed E-state index contributed by atoms with van der Waals surface area (Å²) in [6.07, 6.45) is 18.4. The average molecular weight is 637 g/mol. The van der Waals surface area contributed by atoms with Crippen LogP contribution in [0.25, 0.3) is 0 Å². The standard InChI is InChI=1S/C42H52O5/c43-41(44)17-6-2-5-12-33(28-36-14-9-15-37-29-38(42(45)46)26-27-39(36)37)24-25-35-13-7-8-16-40(35)47-30-34-22-20-32(21-23-34)19-18-31-10-3-1-4-11-31/h1,3-4,7-8,10-13,16,26-27,29,32,34,36H,2,5-6,9,14-15,17-25,28,30H2,(H,43,44)(H,45,46)/b33-12+/t32-,34-,36?. The Morgan fingerprint density at radius 1 is 0.809 bits per heavy atom. The monoisotopic (exact) mass is 636 g/mol. The highest BCUT2D eigenvalue weighted by atomic mass is 16.5. The van der Waals surface area contributed by atoms with E-state index in [2.05, 4.69) is 60.7 Å². The predicted octanol–water partition coefficient (Wildman–Crippen LogP) is 10.2. The van der Waals surface area contributed by atoms with Crippen LogP contribution in [0.5, 0.6) is 5.75 Å². The van der Waals surface area contributed by atoms with E-state index in [0.717, 1.165) is 69.6 Å². The number of aryl methyl sites for hydroxylation is 3. The topological polar surface area (TPSA) is 83.8 Å². The van der Waals surface area contributed by atoms with Gasteiger partial charge in [-0.2, -0.15) is 0 Å². The first-order chi connectivity index (χ1) is 22.9. The maximum absolute atomic E-state index is 11.6. The van der Waals surface area contributed by atoms with E-state index in [0.29, 0.717) is 23.8 Å². The molecule has 3 aromatic carbocycles. The Kier molecular flexibility index (Phi) is 13.1. The maximum atomic E-state index is 11.6. The molecular formula is C42H52O5. The average Bonchev–Trinajstić information content (AvgIpc) is 3.09. The van der Waals surface area contributed by atoms with Gasteiger partial charge in [0.05, 0.1) is 12.2 Å². The summed E-state index contributed by atoms with van der Waals surface area (Å²) < 4.78 is 6.51. The van der Waals surface area contributed by atoms with E-state index in [4.69, 9.17) is 9.84 Å². The van der Waals surface area contributed by atoms with Crippen LogP contribution < -0.4 is 4.74 Å². The summed E-state index contributed by atoms with van der Waals surface area (Å²) in [5.74, 6) is 1.21. The van der Waals surface area contributed by atoms with Crippen LogP contribution in [0.1, 0.15) is 122 Å². The van der Waals surface area contributed by atoms with Gasteiger partial charge in [0.2, 0.25) is 0 Å². The number of hydrogen-bond donors (Lipinski definition) is 2. The summed E-state index contributed by atoms with van der Waals surface area (Å²) in [5, 5.41) is 18.6. The van der Waals surface area contributed by atoms with Crippen molar-refractivity contribution < 1.29 is 24.5 Å². The minimum Gasteiger partial charge on any atom is -0.493 e. The summed E-state index contributed by atoms with van der Waals surface area (Å²) in [7, 11) is 0. The number of allylic oxidation sites excluding steroid dienone is 2. The summed E-state index contributed by atoms with van der Waals surface area (Å²) in [4.78, 5) is 22.6. The molecule has 2 N–H and O–H groups in total. The van der Waals surface area contributed by atoms with Crippen LogP contribution in [-0.4, -0.2) is 28.8 Å². The minimum atomic E-state index is -0.871. The second-order valence-corrected chi connectivity index (χ2v) is 13.8. The molecule has 1 saturated carbocycles. The zero-order valence-electron chi connectivity index (χ0n) is 27.9. The van der Waals surface area contributed by atoms with Crippen LogP contribution in [0.3, 0.4) is 0 Å². The normalized spacial score (nSPS) is 19.6. The number of unbranched alkanes of at least 4 members (excludes halogenated alkanes) is 2. The number of ether oxygens (including phenoxy) is 1. The van der Waals surface area contributed by atoms with Crippen molar-refractivity contribution in [2.24, 2.45) is 11.8 Å². The molecule has 5 nitrogen and oxygen atoms in total. The molecule has 0 spiro atoms. The maximum Gasteiger partial charge on any atom is 0.335 e. The molecular weight excluding hydrogens is 584 g/mol. The number of hydrogen-bond acceptors (Lipinski definition) is 3. The van der Waals surface area contributed by atoms with Gasteiger partial charge < -0.3 is 14.9 Å². The summed E-state index contributed by atoms with van der Waals surface area (Å²) >= 11 is 0. The fourth-order valence-electron chi connectivity index (χ4n) is 7.65. The molecule has 47 heavy (non-hydrogen) atoms. The Balaban J connectivity index is 1.16. The lowest BCUT2D eigenvalue weighted by molar-refractivity contribution is -0.137. The lowest BCUT2D eigenvalue weighted by atomic mass is 9.78. The lowest BCUT2D eigenvalue weighted by Gasteiger charge is -2.29. The lowest BCUT2D eigenvalue weighted by Crippen LogP contribution is -2.20. The zero-order chi connectivity index (χ0) is 32.8. The summed E-state index contributed by atoms with van der Waals surface area (Å²) in [5.41, 5.74) is 6.93. The van der Waals surface area contributed by atoms with Gasteiger partial charge in [0, 0.05) is 6.42 Å². The van der Waals surface area contributed by atoms with Gasteiger partial charge >= 0.3 is 11.9 Å². The van der Waals surface area contributed by atoms with Crippen LogP contribution in [0.15, 0.2) is 84.4 Å². The Hall–Kier alpha value is -3.86. The number of aliphatic carboxylic acids is 1. The van der Waals surface area contributed by atoms with E-state index in [9.17, 15) is 14.7 Å². The fraction of sp³-hybridized carbons (Fsp3) is 0.476. The molecule has 2 aliphatic carbocycles. The third kappa shape index (κ3) is 10.8. The molecule has 250 valence electrons. The molecule has 0 amide bonds. The minimum absolute atomic E-state index is 0.213. The largest absolute Gasteiger partial charge is 0.493 e. The van der Waals surface area contributed by atoms with Gasteiger partial charge in [-0.25, -0.2) is 4.79 Å². The molecule has 3 aromatic rings. The Bertz CT molecular complexity index is 1470. The number of para-hydroxylation sites is 1. The molecule has 1 fully saturated rings. The molecule has 1 atom stereocenters. The van der Waals surface area contributed by atoms with E-state index in [1.807, 2.05) is 12.1 Å². The highest BCUT2D eigenvalue weighted by Gasteiger charge is 2.24. The predicted molar refractivity (Wildman–Crippen MR) is 188 cm³/mol. The van der Waals surface area contributed by atoms with E-state index >= 15 is 0 Å². The van der Waals surface area contributed by atoms with Gasteiger partial charge in [0.1, 0.15) is 5.75 Å². The van der Waals surface area contributed by atoms with Gasteiger partial charge in [-0.15, -0.1) is 0 Å². The van der Waals surface area contributed by atoms with Gasteiger partial charge in [0.25, 0.3) is 0 Å². The van der Waals surface area contributed by atoms with Crippen molar-refractivity contribution in [3.8, 4) is 5.75 Å². The first-order valence-electron chi connectivity index (χ1n) is 17.9. The van der Waals surface area contributed by atoms with Gasteiger partial charge in [-0.3, -0.25) is 4.79 Å². The van der Waals surface area contributed by atoms with Crippen molar-refractivity contribution in [2.75, 3.05) is 6.61 Å². The molecule has 2 aliphatic rings. The SMILES string of the molecule is O=C(O)CCCC/C=C(\CCc1ccccc1OC[C@H]1CC[C@H](CCc2ccccc2)CC1)CC1CCCc2cc(C(=O)O)ccc21. The van der Waals surface area contributed by atoms with Crippen molar-refractivity contribution in [1.29, 1.82) is 0 Å². The first-order valence-corrected chi connectivity index (χ1v) is 17.9. The van der Waals surface area contributed by atoms with Crippen LogP contribution in [0.4, 0.5) is 0 Å². The number of rotatable bonds is 17. The second kappa shape index (κ2) is 17.9. The van der Waals surface area contributed by atoms with E-state index in [1.54, 1.807) is 6.07 Å². The Morgan fingerprint density at radius 2 is 1.57 bits per heavy atom.